The molecule has 1 unspecified atom stereocenters. The van der Waals surface area contributed by atoms with E-state index >= 15 is 0 Å². The first-order chi connectivity index (χ1) is 10.1. The summed E-state index contributed by atoms with van der Waals surface area (Å²) in [6.45, 7) is 0. The molecule has 0 saturated carbocycles. The maximum Gasteiger partial charge on any atom is 0.160 e. The van der Waals surface area contributed by atoms with Gasteiger partial charge in [0.05, 0.1) is 4.83 Å². The third-order valence-corrected chi connectivity index (χ3v) is 4.73. The van der Waals surface area contributed by atoms with Gasteiger partial charge in [-0.15, -0.1) is 0 Å². The largest absolute Gasteiger partial charge is 0.204 e. The van der Waals surface area contributed by atoms with Crippen molar-refractivity contribution in [2.45, 2.75) is 4.83 Å². The van der Waals surface area contributed by atoms with Gasteiger partial charge in [0.2, 0.25) is 0 Å². The third kappa shape index (κ3) is 2.81. The van der Waals surface area contributed by atoms with Crippen molar-refractivity contribution in [3.63, 3.8) is 0 Å². The minimum absolute atomic E-state index is 0.198. The topological polar surface area (TPSA) is 0 Å². The summed E-state index contributed by atoms with van der Waals surface area (Å²) in [6, 6.07) is 16.0. The Bertz CT molecular complexity index is 817. The van der Waals surface area contributed by atoms with Crippen LogP contribution in [0.25, 0.3) is 10.8 Å². The lowest BCUT2D eigenvalue weighted by molar-refractivity contribution is 0.507. The SMILES string of the molecule is Fc1cc(Cl)c(C(Br)c2ccc3ccccc3c2)cc1F. The Morgan fingerprint density at radius 2 is 1.52 bits per heavy atom. The van der Waals surface area contributed by atoms with Gasteiger partial charge in [0, 0.05) is 5.02 Å². The lowest BCUT2D eigenvalue weighted by Crippen LogP contribution is -1.97. The maximum atomic E-state index is 13.4. The monoisotopic (exact) mass is 366 g/mol. The van der Waals surface area contributed by atoms with E-state index in [1.54, 1.807) is 0 Å². The van der Waals surface area contributed by atoms with Crippen molar-refractivity contribution in [2.24, 2.45) is 0 Å². The molecular weight excluding hydrogens is 358 g/mol. The zero-order chi connectivity index (χ0) is 15.0. The normalized spacial score (nSPS) is 12.6. The van der Waals surface area contributed by atoms with Crippen LogP contribution in [0, 0.1) is 11.6 Å². The standard InChI is InChI=1S/C17H10BrClF2/c18-17(13-8-15(20)16(21)9-14(13)19)12-6-5-10-3-1-2-4-11(10)7-12/h1-9,17H. The Labute approximate surface area is 134 Å². The van der Waals surface area contributed by atoms with Gasteiger partial charge in [-0.3, -0.25) is 0 Å². The van der Waals surface area contributed by atoms with Crippen molar-refractivity contribution in [1.82, 2.24) is 0 Å². The quantitative estimate of drug-likeness (QED) is 0.371. The molecule has 0 nitrogen and oxygen atoms in total. The summed E-state index contributed by atoms with van der Waals surface area (Å²) in [6.07, 6.45) is 0. The van der Waals surface area contributed by atoms with Crippen molar-refractivity contribution in [1.29, 1.82) is 0 Å². The zero-order valence-corrected chi connectivity index (χ0v) is 13.1. The molecule has 3 aromatic rings. The molecule has 0 spiro atoms. The number of rotatable bonds is 2. The maximum absolute atomic E-state index is 13.4. The van der Waals surface area contributed by atoms with E-state index in [2.05, 4.69) is 15.9 Å². The number of hydrogen-bond donors (Lipinski definition) is 0. The predicted molar refractivity (Wildman–Crippen MR) is 86.1 cm³/mol. The van der Waals surface area contributed by atoms with E-state index in [0.29, 0.717) is 5.56 Å². The Kier molecular flexibility index (Phi) is 3.96. The molecule has 0 amide bonds. The first-order valence-electron chi connectivity index (χ1n) is 6.33. The molecule has 0 aliphatic rings. The number of hydrogen-bond acceptors (Lipinski definition) is 0. The van der Waals surface area contributed by atoms with Gasteiger partial charge in [-0.05, 0) is 40.1 Å². The van der Waals surface area contributed by atoms with E-state index in [0.717, 1.165) is 28.5 Å². The van der Waals surface area contributed by atoms with Crippen LogP contribution in [0.4, 0.5) is 8.78 Å². The molecule has 0 bridgehead atoms. The van der Waals surface area contributed by atoms with Gasteiger partial charge >= 0.3 is 0 Å². The van der Waals surface area contributed by atoms with Crippen LogP contribution >= 0.6 is 27.5 Å². The second kappa shape index (κ2) is 5.74. The molecule has 0 aliphatic heterocycles. The molecule has 3 rings (SSSR count). The molecular formula is C17H10BrClF2. The van der Waals surface area contributed by atoms with Gasteiger partial charge in [-0.2, -0.15) is 0 Å². The van der Waals surface area contributed by atoms with Crippen LogP contribution in [0.15, 0.2) is 54.6 Å². The zero-order valence-electron chi connectivity index (χ0n) is 10.8. The first-order valence-corrected chi connectivity index (χ1v) is 7.63. The van der Waals surface area contributed by atoms with Gasteiger partial charge in [-0.25, -0.2) is 8.78 Å². The Morgan fingerprint density at radius 1 is 0.857 bits per heavy atom. The molecule has 0 fully saturated rings. The summed E-state index contributed by atoms with van der Waals surface area (Å²) in [5.74, 6) is -1.85. The van der Waals surface area contributed by atoms with Crippen LogP contribution in [0.3, 0.4) is 0 Å². The summed E-state index contributed by atoms with van der Waals surface area (Å²) in [5, 5.41) is 2.40. The van der Waals surface area contributed by atoms with Gasteiger partial charge in [0.1, 0.15) is 0 Å². The molecule has 0 N–H and O–H groups in total. The lowest BCUT2D eigenvalue weighted by atomic mass is 10.0. The predicted octanol–water partition coefficient (Wildman–Crippen LogP) is 6.26. The van der Waals surface area contributed by atoms with E-state index in [-0.39, 0.29) is 9.85 Å². The number of halogens is 4. The molecule has 0 heterocycles. The fraction of sp³-hybridized carbons (Fsp3) is 0.0588. The van der Waals surface area contributed by atoms with Crippen molar-refractivity contribution >= 4 is 38.3 Å². The van der Waals surface area contributed by atoms with Crippen molar-refractivity contribution in [3.05, 3.63) is 82.4 Å². The van der Waals surface area contributed by atoms with E-state index in [1.165, 1.54) is 0 Å². The first kappa shape index (κ1) is 14.5. The van der Waals surface area contributed by atoms with Crippen LogP contribution in [0.1, 0.15) is 16.0 Å². The fourth-order valence-electron chi connectivity index (χ4n) is 2.28. The summed E-state index contributed by atoms with van der Waals surface area (Å²) < 4.78 is 26.6. The smallest absolute Gasteiger partial charge is 0.160 e. The summed E-state index contributed by atoms with van der Waals surface area (Å²) in [5.41, 5.74) is 1.44. The molecule has 1 atom stereocenters. The van der Waals surface area contributed by atoms with Gasteiger partial charge in [0.25, 0.3) is 0 Å². The van der Waals surface area contributed by atoms with Gasteiger partial charge in [0.15, 0.2) is 11.6 Å². The fourth-order valence-corrected chi connectivity index (χ4v) is 3.33. The average Bonchev–Trinajstić information content (AvgIpc) is 2.50. The number of fused-ring (bicyclic) bond motifs is 1. The van der Waals surface area contributed by atoms with Crippen molar-refractivity contribution < 1.29 is 8.78 Å². The average molecular weight is 368 g/mol. The summed E-state index contributed by atoms with van der Waals surface area (Å²) in [7, 11) is 0. The van der Waals surface area contributed by atoms with E-state index < -0.39 is 11.6 Å². The molecule has 106 valence electrons. The number of benzene rings is 3. The highest BCUT2D eigenvalue weighted by Gasteiger charge is 2.17. The van der Waals surface area contributed by atoms with Crippen LogP contribution < -0.4 is 0 Å². The van der Waals surface area contributed by atoms with E-state index in [1.807, 2.05) is 42.5 Å². The molecule has 4 heteroatoms. The molecule has 0 aromatic heterocycles. The Hall–Kier alpha value is -1.45. The molecule has 21 heavy (non-hydrogen) atoms. The second-order valence-electron chi connectivity index (χ2n) is 4.76. The van der Waals surface area contributed by atoms with E-state index in [9.17, 15) is 8.78 Å². The molecule has 0 aliphatic carbocycles. The van der Waals surface area contributed by atoms with Crippen LogP contribution in [-0.2, 0) is 0 Å². The van der Waals surface area contributed by atoms with Gasteiger partial charge in [-0.1, -0.05) is 63.9 Å². The van der Waals surface area contributed by atoms with Crippen LogP contribution in [0.5, 0.6) is 0 Å². The Balaban J connectivity index is 2.07. The summed E-state index contributed by atoms with van der Waals surface area (Å²) in [4.78, 5) is -0.301. The van der Waals surface area contributed by atoms with Crippen molar-refractivity contribution in [2.75, 3.05) is 0 Å². The van der Waals surface area contributed by atoms with Crippen LogP contribution in [-0.4, -0.2) is 0 Å². The Morgan fingerprint density at radius 3 is 2.29 bits per heavy atom. The third-order valence-electron chi connectivity index (χ3n) is 3.38. The minimum Gasteiger partial charge on any atom is -0.204 e. The van der Waals surface area contributed by atoms with Crippen LogP contribution in [0.2, 0.25) is 5.02 Å². The minimum atomic E-state index is -0.943. The molecule has 3 aromatic carbocycles. The molecule has 0 radical (unpaired) electrons. The van der Waals surface area contributed by atoms with E-state index in [4.69, 9.17) is 11.6 Å². The highest BCUT2D eigenvalue weighted by atomic mass is 79.9. The lowest BCUT2D eigenvalue weighted by Gasteiger charge is -2.14. The van der Waals surface area contributed by atoms with Gasteiger partial charge < -0.3 is 0 Å². The molecule has 0 saturated heterocycles. The highest BCUT2D eigenvalue weighted by Crippen LogP contribution is 2.37. The highest BCUT2D eigenvalue weighted by molar-refractivity contribution is 9.09. The second-order valence-corrected chi connectivity index (χ2v) is 6.08. The van der Waals surface area contributed by atoms with Crippen molar-refractivity contribution in [3.8, 4) is 0 Å². The number of alkyl halides is 1. The summed E-state index contributed by atoms with van der Waals surface area (Å²) >= 11 is 9.54.